The van der Waals surface area contributed by atoms with Gasteiger partial charge in [-0.3, -0.25) is 14.5 Å². The standard InChI is InChI=1S/C18H22BrF3N2O2S/c1-10(2)16(25)24-9-13(12-6-5-11(19)7-15(12)24)14(18(20,21)22)8-17(3,4)27(23)26/h5-7,9-10,14H,8,23H2,1-4H3/t14-,27?/m0/s1. The van der Waals surface area contributed by atoms with Crippen LogP contribution in [-0.4, -0.2) is 25.6 Å². The van der Waals surface area contributed by atoms with E-state index in [0.29, 0.717) is 15.4 Å². The van der Waals surface area contributed by atoms with Crippen molar-refractivity contribution in [2.24, 2.45) is 11.1 Å². The number of carbonyl (C=O) groups is 1. The molecular weight excluding hydrogens is 445 g/mol. The van der Waals surface area contributed by atoms with Gasteiger partial charge in [0, 0.05) is 22.0 Å². The van der Waals surface area contributed by atoms with Gasteiger partial charge in [0.15, 0.2) is 0 Å². The van der Waals surface area contributed by atoms with Crippen LogP contribution in [-0.2, 0) is 11.0 Å². The molecule has 1 aromatic carbocycles. The van der Waals surface area contributed by atoms with E-state index in [0.717, 1.165) is 0 Å². The van der Waals surface area contributed by atoms with Gasteiger partial charge in [-0.15, -0.1) is 0 Å². The maximum Gasteiger partial charge on any atom is 0.395 e. The average molecular weight is 467 g/mol. The molecule has 2 atom stereocenters. The molecule has 2 rings (SSSR count). The second-order valence-electron chi connectivity index (χ2n) is 7.46. The molecule has 1 aromatic heterocycles. The zero-order valence-corrected chi connectivity index (χ0v) is 17.8. The first-order valence-electron chi connectivity index (χ1n) is 8.33. The number of fused-ring (bicyclic) bond motifs is 1. The van der Waals surface area contributed by atoms with Crippen molar-refractivity contribution >= 4 is 43.7 Å². The summed E-state index contributed by atoms with van der Waals surface area (Å²) >= 11 is 3.30. The Hall–Kier alpha value is -1.19. The largest absolute Gasteiger partial charge is 0.395 e. The summed E-state index contributed by atoms with van der Waals surface area (Å²) in [7, 11) is -1.93. The van der Waals surface area contributed by atoms with Crippen LogP contribution in [0.1, 0.15) is 50.4 Å². The van der Waals surface area contributed by atoms with E-state index in [1.807, 2.05) is 0 Å². The van der Waals surface area contributed by atoms with Crippen molar-refractivity contribution in [3.63, 3.8) is 0 Å². The minimum Gasteiger partial charge on any atom is -0.287 e. The summed E-state index contributed by atoms with van der Waals surface area (Å²) in [4.78, 5) is 12.5. The first-order chi connectivity index (χ1) is 12.3. The van der Waals surface area contributed by atoms with Crippen molar-refractivity contribution in [3.05, 3.63) is 34.4 Å². The van der Waals surface area contributed by atoms with Crippen LogP contribution in [0.5, 0.6) is 0 Å². The van der Waals surface area contributed by atoms with Crippen molar-refractivity contribution in [1.82, 2.24) is 4.57 Å². The molecule has 0 saturated heterocycles. The Kier molecular flexibility index (Phi) is 6.28. The highest BCUT2D eigenvalue weighted by Gasteiger charge is 2.46. The smallest absolute Gasteiger partial charge is 0.287 e. The Morgan fingerprint density at radius 3 is 2.37 bits per heavy atom. The molecule has 2 N–H and O–H groups in total. The molecule has 0 spiro atoms. The Labute approximate surface area is 167 Å². The quantitative estimate of drug-likeness (QED) is 0.662. The van der Waals surface area contributed by atoms with E-state index in [1.54, 1.807) is 32.0 Å². The van der Waals surface area contributed by atoms with Crippen molar-refractivity contribution in [3.8, 4) is 0 Å². The third kappa shape index (κ3) is 4.63. The molecule has 0 aliphatic carbocycles. The lowest BCUT2D eigenvalue weighted by Crippen LogP contribution is -2.37. The highest BCUT2D eigenvalue weighted by molar-refractivity contribution is 9.10. The number of nitrogens with two attached hydrogens (primary N) is 1. The Balaban J connectivity index is 2.73. The van der Waals surface area contributed by atoms with E-state index >= 15 is 0 Å². The number of carbonyl (C=O) groups excluding carboxylic acids is 1. The number of hydrogen-bond acceptors (Lipinski definition) is 2. The number of halogens is 4. The number of benzene rings is 1. The van der Waals surface area contributed by atoms with Gasteiger partial charge in [0.2, 0.25) is 5.91 Å². The molecule has 0 saturated carbocycles. The summed E-state index contributed by atoms with van der Waals surface area (Å²) in [5.74, 6) is -2.58. The first-order valence-corrected chi connectivity index (χ1v) is 10.3. The van der Waals surface area contributed by atoms with Gasteiger partial charge in [-0.05, 0) is 38.0 Å². The van der Waals surface area contributed by atoms with Gasteiger partial charge in [-0.1, -0.05) is 35.8 Å². The molecule has 2 aromatic rings. The topological polar surface area (TPSA) is 65.1 Å². The van der Waals surface area contributed by atoms with Crippen LogP contribution >= 0.6 is 15.9 Å². The van der Waals surface area contributed by atoms with Gasteiger partial charge in [-0.25, -0.2) is 4.21 Å². The van der Waals surface area contributed by atoms with Crippen LogP contribution < -0.4 is 5.14 Å². The van der Waals surface area contributed by atoms with E-state index in [2.05, 4.69) is 15.9 Å². The summed E-state index contributed by atoms with van der Waals surface area (Å²) < 4.78 is 54.2. The predicted molar refractivity (Wildman–Crippen MR) is 105 cm³/mol. The van der Waals surface area contributed by atoms with Crippen LogP contribution in [0.4, 0.5) is 13.2 Å². The maximum atomic E-state index is 13.9. The molecule has 4 nitrogen and oxygen atoms in total. The summed E-state index contributed by atoms with van der Waals surface area (Å²) in [5.41, 5.74) is 0.386. The average Bonchev–Trinajstić information content (AvgIpc) is 2.88. The molecule has 0 aliphatic rings. The summed E-state index contributed by atoms with van der Waals surface area (Å²) in [6.45, 7) is 6.26. The second-order valence-corrected chi connectivity index (χ2v) is 10.1. The van der Waals surface area contributed by atoms with Crippen LogP contribution in [0.15, 0.2) is 28.9 Å². The summed E-state index contributed by atoms with van der Waals surface area (Å²) in [5, 5.41) is 5.75. The van der Waals surface area contributed by atoms with Crippen molar-refractivity contribution in [2.45, 2.75) is 51.0 Å². The first kappa shape index (κ1) is 22.1. The fourth-order valence-corrected chi connectivity index (χ4v) is 3.62. The minimum atomic E-state index is -4.58. The van der Waals surface area contributed by atoms with Gasteiger partial charge in [0.25, 0.3) is 0 Å². The van der Waals surface area contributed by atoms with Gasteiger partial charge in [0.1, 0.15) is 0 Å². The molecule has 150 valence electrons. The highest BCUT2D eigenvalue weighted by Crippen LogP contribution is 2.44. The minimum absolute atomic E-state index is 0.0162. The van der Waals surface area contributed by atoms with E-state index < -0.39 is 34.2 Å². The summed E-state index contributed by atoms with van der Waals surface area (Å²) in [6, 6.07) is 4.82. The van der Waals surface area contributed by atoms with E-state index in [1.165, 1.54) is 24.6 Å². The van der Waals surface area contributed by atoms with E-state index in [-0.39, 0.29) is 17.4 Å². The van der Waals surface area contributed by atoms with Crippen LogP contribution in [0.3, 0.4) is 0 Å². The number of alkyl halides is 3. The predicted octanol–water partition coefficient (Wildman–Crippen LogP) is 5.14. The van der Waals surface area contributed by atoms with Gasteiger partial charge in [0.05, 0.1) is 27.2 Å². The normalized spacial score (nSPS) is 15.3. The van der Waals surface area contributed by atoms with Crippen molar-refractivity contribution in [1.29, 1.82) is 0 Å². The van der Waals surface area contributed by atoms with E-state index in [9.17, 15) is 22.2 Å². The molecule has 1 heterocycles. The zero-order chi connectivity index (χ0) is 20.7. The van der Waals surface area contributed by atoms with E-state index in [4.69, 9.17) is 5.14 Å². The fraction of sp³-hybridized carbons (Fsp3) is 0.500. The third-order valence-electron chi connectivity index (χ3n) is 4.54. The maximum absolute atomic E-state index is 13.9. The Bertz CT molecular complexity index is 891. The number of nitrogens with zero attached hydrogens (tertiary/aromatic N) is 1. The second kappa shape index (κ2) is 7.67. The van der Waals surface area contributed by atoms with Crippen LogP contribution in [0.25, 0.3) is 10.9 Å². The molecule has 27 heavy (non-hydrogen) atoms. The van der Waals surface area contributed by atoms with Gasteiger partial charge in [-0.2, -0.15) is 13.2 Å². The van der Waals surface area contributed by atoms with Crippen molar-refractivity contribution < 1.29 is 22.2 Å². The third-order valence-corrected chi connectivity index (χ3v) is 6.29. The molecular formula is C18H22BrF3N2O2S. The molecule has 1 unspecified atom stereocenters. The zero-order valence-electron chi connectivity index (χ0n) is 15.4. The Morgan fingerprint density at radius 1 is 1.30 bits per heavy atom. The SMILES string of the molecule is CC(C)C(=O)n1cc([C@H](CC(C)(C)S(N)=O)C(F)(F)F)c2ccc(Br)cc21. The molecule has 0 radical (unpaired) electrons. The van der Waals surface area contributed by atoms with Crippen molar-refractivity contribution in [2.75, 3.05) is 0 Å². The lowest BCUT2D eigenvalue weighted by molar-refractivity contribution is -0.152. The highest BCUT2D eigenvalue weighted by atomic mass is 79.9. The van der Waals surface area contributed by atoms with Gasteiger partial charge >= 0.3 is 6.18 Å². The van der Waals surface area contributed by atoms with Crippen LogP contribution in [0, 0.1) is 5.92 Å². The lowest BCUT2D eigenvalue weighted by Gasteiger charge is -2.28. The Morgan fingerprint density at radius 2 is 1.89 bits per heavy atom. The number of hydrogen-bond donors (Lipinski definition) is 1. The van der Waals surface area contributed by atoms with Gasteiger partial charge < -0.3 is 0 Å². The summed E-state index contributed by atoms with van der Waals surface area (Å²) in [6.07, 6.45) is -3.78. The monoisotopic (exact) mass is 466 g/mol. The molecule has 0 bridgehead atoms. The lowest BCUT2D eigenvalue weighted by atomic mass is 9.89. The molecule has 0 amide bonds. The molecule has 0 aliphatic heterocycles. The fourth-order valence-electron chi connectivity index (χ4n) is 2.94. The van der Waals surface area contributed by atoms with Crippen LogP contribution in [0.2, 0.25) is 0 Å². The number of rotatable bonds is 5. The molecule has 0 fully saturated rings. The molecule has 9 heteroatoms. The number of aromatic nitrogens is 1.